The van der Waals surface area contributed by atoms with Crippen molar-refractivity contribution in [3.63, 3.8) is 0 Å². The molecule has 0 aromatic heterocycles. The molecule has 0 N–H and O–H groups in total. The van der Waals surface area contributed by atoms with Crippen molar-refractivity contribution in [2.75, 3.05) is 13.2 Å². The molecule has 150 valence electrons. The van der Waals surface area contributed by atoms with Crippen molar-refractivity contribution in [1.29, 1.82) is 0 Å². The highest BCUT2D eigenvalue weighted by molar-refractivity contribution is 5.72. The summed E-state index contributed by atoms with van der Waals surface area (Å²) in [7, 11) is 0. The van der Waals surface area contributed by atoms with E-state index in [1.165, 1.54) is 0 Å². The van der Waals surface area contributed by atoms with Gasteiger partial charge in [0.2, 0.25) is 0 Å². The molecule has 0 radical (unpaired) electrons. The number of esters is 2. The van der Waals surface area contributed by atoms with Crippen LogP contribution in [0.25, 0.3) is 0 Å². The summed E-state index contributed by atoms with van der Waals surface area (Å²) in [5.74, 6) is 2.09. The van der Waals surface area contributed by atoms with E-state index in [9.17, 15) is 9.59 Å². The Labute approximate surface area is 159 Å². The molecule has 4 nitrogen and oxygen atoms in total. The van der Waals surface area contributed by atoms with E-state index in [4.69, 9.17) is 9.47 Å². The Hall–Kier alpha value is -1.06. The van der Waals surface area contributed by atoms with E-state index < -0.39 is 0 Å². The Kier molecular flexibility index (Phi) is 8.94. The molecule has 0 unspecified atom stereocenters. The Balaban J connectivity index is 1.51. The first-order valence-electron chi connectivity index (χ1n) is 10.8. The topological polar surface area (TPSA) is 52.6 Å². The van der Waals surface area contributed by atoms with Gasteiger partial charge in [0, 0.05) is 0 Å². The predicted molar refractivity (Wildman–Crippen MR) is 103 cm³/mol. The second-order valence-corrected chi connectivity index (χ2v) is 8.93. The molecule has 26 heavy (non-hydrogen) atoms. The maximum Gasteiger partial charge on any atom is 0.308 e. The summed E-state index contributed by atoms with van der Waals surface area (Å²) >= 11 is 0. The van der Waals surface area contributed by atoms with Crippen LogP contribution in [0.15, 0.2) is 0 Å². The zero-order valence-corrected chi connectivity index (χ0v) is 17.0. The average molecular weight is 367 g/mol. The molecule has 0 amide bonds. The van der Waals surface area contributed by atoms with Crippen LogP contribution in [0.5, 0.6) is 0 Å². The lowest BCUT2D eigenvalue weighted by Crippen LogP contribution is -2.24. The van der Waals surface area contributed by atoms with Gasteiger partial charge in [-0.1, -0.05) is 20.8 Å². The second kappa shape index (κ2) is 10.9. The number of hydrogen-bond acceptors (Lipinski definition) is 4. The fourth-order valence-corrected chi connectivity index (χ4v) is 4.09. The van der Waals surface area contributed by atoms with E-state index in [1.807, 2.05) is 0 Å². The van der Waals surface area contributed by atoms with Gasteiger partial charge in [0.05, 0.1) is 25.0 Å². The van der Waals surface area contributed by atoms with E-state index in [-0.39, 0.29) is 23.8 Å². The molecule has 0 saturated heterocycles. The zero-order valence-electron chi connectivity index (χ0n) is 17.0. The Morgan fingerprint density at radius 3 is 1.42 bits per heavy atom. The normalized spacial score (nSPS) is 30.4. The second-order valence-electron chi connectivity index (χ2n) is 8.93. The van der Waals surface area contributed by atoms with Crippen LogP contribution in [0.3, 0.4) is 0 Å². The summed E-state index contributed by atoms with van der Waals surface area (Å²) < 4.78 is 10.9. The summed E-state index contributed by atoms with van der Waals surface area (Å²) in [6.45, 7) is 7.61. The number of hydrogen-bond donors (Lipinski definition) is 0. The zero-order chi connectivity index (χ0) is 18.9. The fraction of sp³-hybridized carbons (Fsp3) is 0.909. The van der Waals surface area contributed by atoms with Crippen molar-refractivity contribution in [1.82, 2.24) is 0 Å². The van der Waals surface area contributed by atoms with Crippen molar-refractivity contribution in [3.05, 3.63) is 0 Å². The molecule has 4 heteroatoms. The minimum Gasteiger partial charge on any atom is -0.465 e. The monoisotopic (exact) mass is 366 g/mol. The maximum absolute atomic E-state index is 12.1. The van der Waals surface area contributed by atoms with Gasteiger partial charge < -0.3 is 9.47 Å². The van der Waals surface area contributed by atoms with Crippen molar-refractivity contribution >= 4 is 11.9 Å². The highest BCUT2D eigenvalue weighted by Gasteiger charge is 2.26. The minimum absolute atomic E-state index is 0.0120. The standard InChI is InChI=1S/C22H38O4/c1-16-4-8-19(9-5-16)21(23)25-14-12-18(3)13-15-26-22(24)20-10-6-17(2)7-11-20/h16-20H,4-15H2,1-3H3. The molecule has 2 saturated carbocycles. The third-order valence-electron chi connectivity index (χ3n) is 6.41. The highest BCUT2D eigenvalue weighted by Crippen LogP contribution is 2.30. The number of rotatable bonds is 8. The number of carbonyl (C=O) groups is 2. The molecule has 0 bridgehead atoms. The molecule has 2 fully saturated rings. The third kappa shape index (κ3) is 7.28. The van der Waals surface area contributed by atoms with Crippen LogP contribution in [0.2, 0.25) is 0 Å². The lowest BCUT2D eigenvalue weighted by Gasteiger charge is -2.25. The summed E-state index contributed by atoms with van der Waals surface area (Å²) in [5.41, 5.74) is 0. The van der Waals surface area contributed by atoms with Crippen molar-refractivity contribution in [2.24, 2.45) is 29.6 Å². The first kappa shape index (κ1) is 21.2. The van der Waals surface area contributed by atoms with Gasteiger partial charge in [-0.15, -0.1) is 0 Å². The SMILES string of the molecule is CC(CCOC(=O)C1CCC(C)CC1)CCOC(=O)C1CCC(C)CC1. The van der Waals surface area contributed by atoms with Crippen LogP contribution < -0.4 is 0 Å². The van der Waals surface area contributed by atoms with Crippen LogP contribution in [-0.2, 0) is 19.1 Å². The van der Waals surface area contributed by atoms with Gasteiger partial charge in [-0.2, -0.15) is 0 Å². The number of carbonyl (C=O) groups excluding carboxylic acids is 2. The molecular formula is C22H38O4. The average Bonchev–Trinajstić information content (AvgIpc) is 2.62. The molecule has 0 aromatic rings. The Morgan fingerprint density at radius 2 is 1.08 bits per heavy atom. The van der Waals surface area contributed by atoms with Gasteiger partial charge in [-0.3, -0.25) is 9.59 Å². The van der Waals surface area contributed by atoms with Crippen molar-refractivity contribution in [3.8, 4) is 0 Å². The van der Waals surface area contributed by atoms with Gasteiger partial charge in [0.25, 0.3) is 0 Å². The fourth-order valence-electron chi connectivity index (χ4n) is 4.09. The third-order valence-corrected chi connectivity index (χ3v) is 6.41. The van der Waals surface area contributed by atoms with Gasteiger partial charge in [-0.25, -0.2) is 0 Å². The van der Waals surface area contributed by atoms with Crippen LogP contribution in [0.4, 0.5) is 0 Å². The van der Waals surface area contributed by atoms with Crippen LogP contribution in [0, 0.1) is 29.6 Å². The molecular weight excluding hydrogens is 328 g/mol. The van der Waals surface area contributed by atoms with E-state index in [1.54, 1.807) is 0 Å². The molecule has 0 spiro atoms. The van der Waals surface area contributed by atoms with E-state index in [0.717, 1.165) is 76.0 Å². The lowest BCUT2D eigenvalue weighted by atomic mass is 9.83. The van der Waals surface area contributed by atoms with Gasteiger partial charge in [0.1, 0.15) is 0 Å². The largest absolute Gasteiger partial charge is 0.465 e. The molecule has 0 aromatic carbocycles. The summed E-state index contributed by atoms with van der Waals surface area (Å²) in [5, 5.41) is 0. The van der Waals surface area contributed by atoms with E-state index in [0.29, 0.717) is 19.1 Å². The highest BCUT2D eigenvalue weighted by atomic mass is 16.5. The minimum atomic E-state index is -0.0120. The smallest absolute Gasteiger partial charge is 0.308 e. The first-order valence-corrected chi connectivity index (χ1v) is 10.8. The molecule has 2 rings (SSSR count). The van der Waals surface area contributed by atoms with Crippen LogP contribution in [0.1, 0.15) is 85.0 Å². The molecule has 2 aliphatic rings. The first-order chi connectivity index (χ1) is 12.5. The van der Waals surface area contributed by atoms with Crippen molar-refractivity contribution in [2.45, 2.75) is 85.0 Å². The van der Waals surface area contributed by atoms with E-state index >= 15 is 0 Å². The Morgan fingerprint density at radius 1 is 0.731 bits per heavy atom. The lowest BCUT2D eigenvalue weighted by molar-refractivity contribution is -0.150. The van der Waals surface area contributed by atoms with Crippen LogP contribution in [-0.4, -0.2) is 25.2 Å². The quantitative estimate of drug-likeness (QED) is 0.558. The molecule has 0 atom stereocenters. The Bertz CT molecular complexity index is 391. The van der Waals surface area contributed by atoms with E-state index in [2.05, 4.69) is 20.8 Å². The van der Waals surface area contributed by atoms with Gasteiger partial charge in [-0.05, 0) is 82.0 Å². The predicted octanol–water partition coefficient (Wildman–Crippen LogP) is 5.14. The summed E-state index contributed by atoms with van der Waals surface area (Å²) in [6.07, 6.45) is 10.2. The molecule has 0 heterocycles. The summed E-state index contributed by atoms with van der Waals surface area (Å²) in [4.78, 5) is 24.2. The summed E-state index contributed by atoms with van der Waals surface area (Å²) in [6, 6.07) is 0. The molecule has 2 aliphatic carbocycles. The maximum atomic E-state index is 12.1. The van der Waals surface area contributed by atoms with Gasteiger partial charge in [0.15, 0.2) is 0 Å². The van der Waals surface area contributed by atoms with Gasteiger partial charge >= 0.3 is 11.9 Å². The molecule has 0 aliphatic heterocycles. The van der Waals surface area contributed by atoms with Crippen molar-refractivity contribution < 1.29 is 19.1 Å². The van der Waals surface area contributed by atoms with Crippen LogP contribution >= 0.6 is 0 Å². The number of ether oxygens (including phenoxy) is 2.